The topological polar surface area (TPSA) is 12.0 Å². The Bertz CT molecular complexity index is 235. The Morgan fingerprint density at radius 1 is 1.24 bits per heavy atom. The molecule has 1 nitrogen and oxygen atoms in total. The molecule has 0 aliphatic rings. The minimum absolute atomic E-state index is 0.0125. The highest BCUT2D eigenvalue weighted by atomic mass is 28.3. The zero-order valence-electron chi connectivity index (χ0n) is 13.1. The first-order valence-corrected chi connectivity index (χ1v) is 12.0. The monoisotopic (exact) mass is 271 g/mol. The second kappa shape index (κ2) is 7.54. The van der Waals surface area contributed by atoms with Crippen LogP contribution in [-0.2, 0) is 0 Å². The van der Waals surface area contributed by atoms with Crippen LogP contribution >= 0.6 is 0 Å². The van der Waals surface area contributed by atoms with E-state index in [-0.39, 0.29) is 9.52 Å². The minimum Gasteiger partial charge on any atom is -0.320 e. The molecule has 0 heterocycles. The number of hydrogen-bond donors (Lipinski definition) is 1. The standard InChI is InChI=1S/C14H33NSi2/c1-13(2)11-16-12-15-9-8-10-17(6,7)14(3,4)5/h11,15H,8-10,12,16H2,1-7H3. The lowest BCUT2D eigenvalue weighted by atomic mass is 10.2. The third kappa shape index (κ3) is 7.95. The summed E-state index contributed by atoms with van der Waals surface area (Å²) in [6, 6.07) is 1.45. The lowest BCUT2D eigenvalue weighted by Gasteiger charge is -2.37. The molecular weight excluding hydrogens is 238 g/mol. The summed E-state index contributed by atoms with van der Waals surface area (Å²) < 4.78 is 0. The molecule has 3 heteroatoms. The van der Waals surface area contributed by atoms with E-state index < -0.39 is 8.07 Å². The normalized spacial score (nSPS) is 13.4. The van der Waals surface area contributed by atoms with E-state index in [1.54, 1.807) is 0 Å². The van der Waals surface area contributed by atoms with Crippen molar-refractivity contribution in [3.8, 4) is 0 Å². The van der Waals surface area contributed by atoms with Crippen molar-refractivity contribution in [2.24, 2.45) is 0 Å². The molecule has 0 aliphatic heterocycles. The van der Waals surface area contributed by atoms with Crippen LogP contribution in [0.2, 0.25) is 24.2 Å². The Labute approximate surface area is 112 Å². The van der Waals surface area contributed by atoms with E-state index in [1.165, 1.54) is 30.8 Å². The molecule has 0 aromatic carbocycles. The average Bonchev–Trinajstić information content (AvgIpc) is 2.13. The molecule has 0 radical (unpaired) electrons. The molecule has 0 spiro atoms. The zero-order valence-corrected chi connectivity index (χ0v) is 15.5. The van der Waals surface area contributed by atoms with Gasteiger partial charge in [-0.1, -0.05) is 45.5 Å². The van der Waals surface area contributed by atoms with Gasteiger partial charge in [0.2, 0.25) is 0 Å². The molecule has 0 unspecified atom stereocenters. The van der Waals surface area contributed by atoms with E-state index in [4.69, 9.17) is 0 Å². The van der Waals surface area contributed by atoms with E-state index in [1.807, 2.05) is 0 Å². The fourth-order valence-electron chi connectivity index (χ4n) is 1.62. The van der Waals surface area contributed by atoms with Crippen molar-refractivity contribution in [1.82, 2.24) is 5.32 Å². The van der Waals surface area contributed by atoms with Crippen LogP contribution < -0.4 is 5.32 Å². The summed E-state index contributed by atoms with van der Waals surface area (Å²) in [5, 5.41) is 4.15. The SMILES string of the molecule is CC(C)=C[SiH2]CNCCC[Si](C)(C)C(C)(C)C. The minimum atomic E-state index is -1.03. The van der Waals surface area contributed by atoms with E-state index in [0.717, 1.165) is 0 Å². The summed E-state index contributed by atoms with van der Waals surface area (Å²) >= 11 is 0. The van der Waals surface area contributed by atoms with Gasteiger partial charge in [-0.3, -0.25) is 0 Å². The number of rotatable bonds is 7. The predicted octanol–water partition coefficient (Wildman–Crippen LogP) is 3.52. The molecule has 0 saturated carbocycles. The van der Waals surface area contributed by atoms with Gasteiger partial charge in [0.25, 0.3) is 0 Å². The van der Waals surface area contributed by atoms with E-state index in [2.05, 4.69) is 58.7 Å². The first-order chi connectivity index (χ1) is 7.67. The van der Waals surface area contributed by atoms with Crippen molar-refractivity contribution >= 4 is 17.6 Å². The lowest BCUT2D eigenvalue weighted by molar-refractivity contribution is 0.688. The van der Waals surface area contributed by atoms with Crippen LogP contribution in [0.25, 0.3) is 0 Å². The van der Waals surface area contributed by atoms with Gasteiger partial charge >= 0.3 is 0 Å². The highest BCUT2D eigenvalue weighted by Gasteiger charge is 2.33. The fourth-order valence-corrected chi connectivity index (χ4v) is 4.60. The Morgan fingerprint density at radius 2 is 1.82 bits per heavy atom. The van der Waals surface area contributed by atoms with Gasteiger partial charge in [-0.05, 0) is 38.0 Å². The molecule has 0 aromatic rings. The van der Waals surface area contributed by atoms with Crippen LogP contribution in [-0.4, -0.2) is 30.3 Å². The van der Waals surface area contributed by atoms with Gasteiger partial charge in [0.15, 0.2) is 0 Å². The second-order valence-corrected chi connectivity index (χ2v) is 14.3. The van der Waals surface area contributed by atoms with Crippen molar-refractivity contribution in [2.45, 2.75) is 65.2 Å². The van der Waals surface area contributed by atoms with Crippen molar-refractivity contribution in [2.75, 3.05) is 12.7 Å². The number of hydrogen-bond acceptors (Lipinski definition) is 1. The van der Waals surface area contributed by atoms with Gasteiger partial charge < -0.3 is 5.32 Å². The molecule has 102 valence electrons. The van der Waals surface area contributed by atoms with Gasteiger partial charge in [0.1, 0.15) is 0 Å². The van der Waals surface area contributed by atoms with Gasteiger partial charge in [0.05, 0.1) is 17.6 Å². The van der Waals surface area contributed by atoms with Crippen molar-refractivity contribution in [3.05, 3.63) is 11.3 Å². The van der Waals surface area contributed by atoms with Gasteiger partial charge in [-0.15, -0.1) is 5.70 Å². The van der Waals surface area contributed by atoms with Gasteiger partial charge in [-0.2, -0.15) is 0 Å². The van der Waals surface area contributed by atoms with Gasteiger partial charge in [0, 0.05) is 0 Å². The molecule has 0 rings (SSSR count). The Kier molecular flexibility index (Phi) is 7.60. The fraction of sp³-hybridized carbons (Fsp3) is 0.857. The number of allylic oxidation sites excluding steroid dienone is 1. The Morgan fingerprint density at radius 3 is 2.29 bits per heavy atom. The van der Waals surface area contributed by atoms with Crippen LogP contribution in [0.1, 0.15) is 41.0 Å². The molecule has 0 atom stereocenters. The number of nitrogens with one attached hydrogen (secondary N) is 1. The highest BCUT2D eigenvalue weighted by molar-refractivity contribution is 6.80. The van der Waals surface area contributed by atoms with Crippen molar-refractivity contribution < 1.29 is 0 Å². The van der Waals surface area contributed by atoms with Crippen LogP contribution in [0.4, 0.5) is 0 Å². The lowest BCUT2D eigenvalue weighted by Crippen LogP contribution is -2.37. The molecule has 0 aromatic heterocycles. The molecule has 0 aliphatic carbocycles. The Hall–Kier alpha value is 0.134. The van der Waals surface area contributed by atoms with Crippen LogP contribution in [0.5, 0.6) is 0 Å². The quantitative estimate of drug-likeness (QED) is 0.552. The molecule has 0 saturated heterocycles. The van der Waals surface area contributed by atoms with Crippen LogP contribution in [0.15, 0.2) is 11.3 Å². The average molecular weight is 272 g/mol. The summed E-state index contributed by atoms with van der Waals surface area (Å²) in [6.07, 6.45) is 2.63. The summed E-state index contributed by atoms with van der Waals surface area (Å²) in [5.41, 5.74) is 3.93. The first kappa shape index (κ1) is 17.1. The summed E-state index contributed by atoms with van der Waals surface area (Å²) in [5.74, 6) is 0. The second-order valence-electron chi connectivity index (χ2n) is 7.06. The van der Waals surface area contributed by atoms with Crippen LogP contribution in [0, 0.1) is 0 Å². The largest absolute Gasteiger partial charge is 0.320 e. The van der Waals surface area contributed by atoms with E-state index in [9.17, 15) is 0 Å². The molecule has 1 N–H and O–H groups in total. The maximum Gasteiger partial charge on any atom is 0.0608 e. The predicted molar refractivity (Wildman–Crippen MR) is 87.5 cm³/mol. The zero-order chi connectivity index (χ0) is 13.5. The highest BCUT2D eigenvalue weighted by Crippen LogP contribution is 2.39. The molecule has 17 heavy (non-hydrogen) atoms. The third-order valence-electron chi connectivity index (χ3n) is 4.06. The van der Waals surface area contributed by atoms with Crippen molar-refractivity contribution in [1.29, 1.82) is 0 Å². The summed E-state index contributed by atoms with van der Waals surface area (Å²) in [6.45, 7) is 17.9. The van der Waals surface area contributed by atoms with E-state index >= 15 is 0 Å². The maximum absolute atomic E-state index is 3.60. The molecule has 0 bridgehead atoms. The Balaban J connectivity index is 3.62. The summed E-state index contributed by atoms with van der Waals surface area (Å²) in [7, 11) is -1.02. The molecule has 0 amide bonds. The van der Waals surface area contributed by atoms with E-state index in [0.29, 0.717) is 5.04 Å². The first-order valence-electron chi connectivity index (χ1n) is 7.01. The summed E-state index contributed by atoms with van der Waals surface area (Å²) in [4.78, 5) is 0. The molecular formula is C14H33NSi2. The van der Waals surface area contributed by atoms with Crippen molar-refractivity contribution in [3.63, 3.8) is 0 Å². The third-order valence-corrected chi connectivity index (χ3v) is 11.5. The van der Waals surface area contributed by atoms with Crippen LogP contribution in [0.3, 0.4) is 0 Å². The molecule has 0 fully saturated rings. The maximum atomic E-state index is 3.60. The van der Waals surface area contributed by atoms with Gasteiger partial charge in [-0.25, -0.2) is 0 Å². The smallest absolute Gasteiger partial charge is 0.0608 e.